The van der Waals surface area contributed by atoms with Crippen molar-refractivity contribution >= 4 is 93.8 Å². The number of ether oxygens (including phenoxy) is 7. The van der Waals surface area contributed by atoms with Gasteiger partial charge >= 0.3 is 11.9 Å². The van der Waals surface area contributed by atoms with Crippen LogP contribution in [0.2, 0.25) is 0 Å². The first kappa shape index (κ1) is 48.6. The molecule has 60 heavy (non-hydrogen) atoms. The lowest BCUT2D eigenvalue weighted by Gasteiger charge is -2.25. The fraction of sp³-hybridized carbons (Fsp3) is 0.500. The second kappa shape index (κ2) is 23.8. The van der Waals surface area contributed by atoms with E-state index >= 15 is 0 Å². The minimum atomic E-state index is -1.07. The lowest BCUT2D eigenvalue weighted by Crippen LogP contribution is -2.44. The number of hydrogen-bond donors (Lipinski definition) is 2. The maximum atomic E-state index is 13.1. The molecule has 0 bridgehead atoms. The fourth-order valence-electron chi connectivity index (χ4n) is 5.68. The van der Waals surface area contributed by atoms with E-state index in [0.717, 1.165) is 26.6 Å². The van der Waals surface area contributed by atoms with Crippen LogP contribution in [0.15, 0.2) is 36.4 Å². The normalized spacial score (nSPS) is 12.8. The number of carbonyl (C=O) groups excluding carboxylic acids is 5. The van der Waals surface area contributed by atoms with Crippen LogP contribution in [0.5, 0.6) is 23.0 Å². The van der Waals surface area contributed by atoms with Crippen LogP contribution in [-0.2, 0) is 28.6 Å². The molecule has 0 spiro atoms. The summed E-state index contributed by atoms with van der Waals surface area (Å²) in [6.07, 6.45) is -0.496. The number of Topliss-reactive ketones (excluding diaryl/α,β-unsaturated/α-hetero) is 2. The van der Waals surface area contributed by atoms with Crippen LogP contribution < -0.4 is 30.0 Å². The summed E-state index contributed by atoms with van der Waals surface area (Å²) in [7, 11) is 8.96. The Bertz CT molecular complexity index is 2020. The van der Waals surface area contributed by atoms with Crippen molar-refractivity contribution in [1.82, 2.24) is 5.32 Å². The zero-order chi connectivity index (χ0) is 43.8. The Morgan fingerprint density at radius 2 is 1.25 bits per heavy atom. The molecule has 2 aromatic carbocycles. The Labute approximate surface area is 366 Å². The highest BCUT2D eigenvalue weighted by Gasteiger charge is 2.24. The SMILES string of the molecule is COc1cc2cc(C(=O)CCC(=O)OCC(CSSCCNC(=O)CC(C)(N)OCCC(C)C)OC(=O)CCC(=O)c3cc4cc(OC)c(OC)cc4s3)sc2cc1OC. The number of hydrogen-bond acceptors (Lipinski definition) is 17. The highest BCUT2D eigenvalue weighted by atomic mass is 33.1. The molecule has 2 atom stereocenters. The van der Waals surface area contributed by atoms with Gasteiger partial charge in [-0.25, -0.2) is 0 Å². The summed E-state index contributed by atoms with van der Waals surface area (Å²) >= 11 is 2.59. The number of amides is 1. The van der Waals surface area contributed by atoms with Gasteiger partial charge < -0.3 is 44.2 Å². The number of nitrogens with one attached hydrogen (secondary N) is 1. The molecule has 0 fully saturated rings. The van der Waals surface area contributed by atoms with Gasteiger partial charge in [-0.3, -0.25) is 24.0 Å². The van der Waals surface area contributed by atoms with Crippen LogP contribution in [0.4, 0.5) is 0 Å². The first-order valence-corrected chi connectivity index (χ1v) is 23.4. The summed E-state index contributed by atoms with van der Waals surface area (Å²) in [5, 5.41) is 4.48. The molecular weight excluding hydrogens is 853 g/mol. The fourth-order valence-corrected chi connectivity index (χ4v) is 9.82. The Balaban J connectivity index is 1.28. The van der Waals surface area contributed by atoms with Crippen molar-refractivity contribution in [1.29, 1.82) is 0 Å². The maximum Gasteiger partial charge on any atom is 0.306 e. The van der Waals surface area contributed by atoms with Crippen molar-refractivity contribution in [3.63, 3.8) is 0 Å². The van der Waals surface area contributed by atoms with Crippen molar-refractivity contribution in [2.45, 2.75) is 71.1 Å². The zero-order valence-corrected chi connectivity index (χ0v) is 38.3. The third kappa shape index (κ3) is 15.1. The average Bonchev–Trinajstić information content (AvgIpc) is 3.84. The average molecular weight is 907 g/mol. The van der Waals surface area contributed by atoms with Gasteiger partial charge in [0.25, 0.3) is 0 Å². The highest BCUT2D eigenvalue weighted by molar-refractivity contribution is 8.76. The van der Waals surface area contributed by atoms with E-state index in [-0.39, 0.29) is 61.9 Å². The van der Waals surface area contributed by atoms with Gasteiger partial charge in [-0.15, -0.1) is 22.7 Å². The second-order valence-corrected chi connectivity index (χ2v) is 19.1. The monoisotopic (exact) mass is 906 g/mol. The minimum Gasteiger partial charge on any atom is -0.493 e. The number of rotatable bonds is 27. The summed E-state index contributed by atoms with van der Waals surface area (Å²) in [6.45, 7) is 6.44. The number of benzene rings is 2. The molecule has 4 aromatic rings. The maximum absolute atomic E-state index is 13.1. The quantitative estimate of drug-likeness (QED) is 0.0193. The van der Waals surface area contributed by atoms with E-state index in [1.165, 1.54) is 72.7 Å². The van der Waals surface area contributed by atoms with Crippen LogP contribution in [-0.4, -0.2) is 101 Å². The molecule has 18 heteroatoms. The Hall–Kier alpha value is -4.07. The van der Waals surface area contributed by atoms with Crippen molar-refractivity contribution in [3.8, 4) is 23.0 Å². The standard InChI is InChI=1S/C42H54N2O12S4/c1-25(2)12-14-55-42(3,43)22-39(47)44-13-15-57-58-24-28(56-41(49)11-9-30(46)38-19-27-17-32(51-5)34(53-7)21-36(27)60-38)23-54-40(48)10-8-29(45)37-18-26-16-31(50-4)33(52-6)20-35(26)59-37/h16-21,25,28H,8-15,22-24,43H2,1-7H3,(H,44,47). The number of nitrogens with two attached hydrogens (primary N) is 1. The van der Waals surface area contributed by atoms with Crippen LogP contribution in [0.25, 0.3) is 20.2 Å². The highest BCUT2D eigenvalue weighted by Crippen LogP contribution is 2.38. The molecule has 2 heterocycles. The van der Waals surface area contributed by atoms with Gasteiger partial charge in [0.1, 0.15) is 18.4 Å². The largest absolute Gasteiger partial charge is 0.493 e. The molecular formula is C42H54N2O12S4. The molecule has 4 rings (SSSR count). The smallest absolute Gasteiger partial charge is 0.306 e. The van der Waals surface area contributed by atoms with Crippen LogP contribution in [0.3, 0.4) is 0 Å². The van der Waals surface area contributed by atoms with Crippen molar-refractivity contribution in [2.75, 3.05) is 59.7 Å². The second-order valence-electron chi connectivity index (χ2n) is 14.3. The molecule has 0 radical (unpaired) electrons. The van der Waals surface area contributed by atoms with Gasteiger partial charge in [-0.1, -0.05) is 35.4 Å². The van der Waals surface area contributed by atoms with Crippen molar-refractivity contribution in [3.05, 3.63) is 46.2 Å². The summed E-state index contributed by atoms with van der Waals surface area (Å²) < 4.78 is 40.0. The third-order valence-electron chi connectivity index (χ3n) is 8.92. The Morgan fingerprint density at radius 1 is 0.733 bits per heavy atom. The predicted octanol–water partition coefficient (Wildman–Crippen LogP) is 7.86. The lowest BCUT2D eigenvalue weighted by molar-refractivity contribution is -0.157. The van der Waals surface area contributed by atoms with Gasteiger partial charge in [0, 0.05) is 59.0 Å². The molecule has 0 aliphatic rings. The van der Waals surface area contributed by atoms with Gasteiger partial charge in [0.2, 0.25) is 5.91 Å². The molecule has 0 aliphatic heterocycles. The predicted molar refractivity (Wildman–Crippen MR) is 238 cm³/mol. The topological polar surface area (TPSA) is 188 Å². The third-order valence-corrected chi connectivity index (χ3v) is 13.7. The molecule has 328 valence electrons. The number of methoxy groups -OCH3 is 4. The summed E-state index contributed by atoms with van der Waals surface area (Å²) in [5.74, 6) is 1.51. The van der Waals surface area contributed by atoms with Crippen molar-refractivity contribution in [2.24, 2.45) is 11.7 Å². The van der Waals surface area contributed by atoms with Crippen LogP contribution >= 0.6 is 44.3 Å². The minimum absolute atomic E-state index is 0.0152. The number of fused-ring (bicyclic) bond motifs is 2. The Morgan fingerprint density at radius 3 is 1.77 bits per heavy atom. The van der Waals surface area contributed by atoms with E-state index in [4.69, 9.17) is 38.9 Å². The molecule has 0 saturated heterocycles. The molecule has 3 N–H and O–H groups in total. The van der Waals surface area contributed by atoms with Gasteiger partial charge in [-0.2, -0.15) is 0 Å². The summed E-state index contributed by atoms with van der Waals surface area (Å²) in [5.41, 5.74) is 5.08. The molecule has 0 saturated carbocycles. The number of thiophene rings is 2. The van der Waals surface area contributed by atoms with E-state index in [0.29, 0.717) is 57.6 Å². The van der Waals surface area contributed by atoms with Crippen LogP contribution in [0.1, 0.15) is 78.6 Å². The van der Waals surface area contributed by atoms with E-state index in [1.54, 1.807) is 43.3 Å². The molecule has 14 nitrogen and oxygen atoms in total. The van der Waals surface area contributed by atoms with Gasteiger partial charge in [0.05, 0.1) is 57.5 Å². The number of ketones is 2. The first-order chi connectivity index (χ1) is 28.6. The molecule has 2 aromatic heterocycles. The molecule has 2 unspecified atom stereocenters. The van der Waals surface area contributed by atoms with E-state index in [9.17, 15) is 24.0 Å². The molecule has 1 amide bonds. The van der Waals surface area contributed by atoms with E-state index < -0.39 is 23.8 Å². The first-order valence-electron chi connectivity index (χ1n) is 19.3. The number of esters is 2. The zero-order valence-electron chi connectivity index (χ0n) is 35.0. The van der Waals surface area contributed by atoms with E-state index in [1.807, 2.05) is 0 Å². The van der Waals surface area contributed by atoms with Gasteiger partial charge in [0.15, 0.2) is 34.6 Å². The Kier molecular flexibility index (Phi) is 19.3. The molecule has 0 aliphatic carbocycles. The van der Waals surface area contributed by atoms with Crippen LogP contribution in [0, 0.1) is 5.92 Å². The van der Waals surface area contributed by atoms with E-state index in [2.05, 4.69) is 19.2 Å². The lowest BCUT2D eigenvalue weighted by atomic mass is 10.1. The summed E-state index contributed by atoms with van der Waals surface area (Å²) in [4.78, 5) is 65.5. The number of carbonyl (C=O) groups is 5. The van der Waals surface area contributed by atoms with Gasteiger partial charge in [-0.05, 0) is 54.3 Å². The summed E-state index contributed by atoms with van der Waals surface area (Å²) in [6, 6.07) is 10.7. The van der Waals surface area contributed by atoms with Crippen molar-refractivity contribution < 1.29 is 57.1 Å².